The average Bonchev–Trinajstić information content (AvgIpc) is 3.32. The van der Waals surface area contributed by atoms with Crippen LogP contribution in [0.15, 0.2) is 85.1 Å². The Bertz CT molecular complexity index is 1210. The van der Waals surface area contributed by atoms with Gasteiger partial charge in [-0.2, -0.15) is 5.10 Å². The number of hydrogen-bond donors (Lipinski definition) is 1. The fraction of sp³-hybridized carbons (Fsp3) is 0.267. The van der Waals surface area contributed by atoms with Crippen LogP contribution in [-0.4, -0.2) is 22.3 Å². The van der Waals surface area contributed by atoms with Crippen LogP contribution in [0.25, 0.3) is 16.9 Å². The number of nitrogens with zero attached hydrogens (tertiary/aromatic N) is 2. The number of amides is 1. The molecule has 0 aliphatic rings. The zero-order valence-electron chi connectivity index (χ0n) is 20.5. The van der Waals surface area contributed by atoms with Crippen molar-refractivity contribution in [3.63, 3.8) is 0 Å². The fourth-order valence-corrected chi connectivity index (χ4v) is 3.84. The number of hydrogen-bond acceptors (Lipinski definition) is 3. The summed E-state index contributed by atoms with van der Waals surface area (Å²) < 4.78 is 7.60. The number of unbranched alkanes of at least 4 members (excludes halogenated alkanes) is 1. The third kappa shape index (κ3) is 6.82. The molecule has 0 bridgehead atoms. The summed E-state index contributed by atoms with van der Waals surface area (Å²) in [6.07, 6.45) is 5.22. The van der Waals surface area contributed by atoms with Crippen LogP contribution in [0.4, 0.5) is 0 Å². The highest BCUT2D eigenvalue weighted by Crippen LogP contribution is 2.25. The Morgan fingerprint density at radius 2 is 1.71 bits per heavy atom. The number of nitrogens with one attached hydrogen (secondary N) is 1. The number of carbonyl (C=O) groups is 1. The second-order valence-electron chi connectivity index (χ2n) is 8.77. The van der Waals surface area contributed by atoms with Gasteiger partial charge < -0.3 is 10.1 Å². The van der Waals surface area contributed by atoms with Gasteiger partial charge in [-0.1, -0.05) is 73.5 Å². The Hall–Kier alpha value is -3.86. The molecule has 35 heavy (non-hydrogen) atoms. The smallest absolute Gasteiger partial charge is 0.220 e. The molecule has 0 fully saturated rings. The van der Waals surface area contributed by atoms with Crippen molar-refractivity contribution < 1.29 is 9.53 Å². The third-order valence-electron chi connectivity index (χ3n) is 5.94. The van der Waals surface area contributed by atoms with Gasteiger partial charge in [-0.25, -0.2) is 4.68 Å². The molecule has 1 heterocycles. The SMILES string of the molecule is CCCCOc1ccc(CNC(=O)CCc2cn(-c3ccccc3)nc2-c2ccc(C)cc2)cc1. The van der Waals surface area contributed by atoms with E-state index in [0.29, 0.717) is 19.4 Å². The molecule has 1 aromatic heterocycles. The molecular formula is C30H33N3O2. The molecule has 3 aromatic carbocycles. The maximum absolute atomic E-state index is 12.6. The molecule has 0 radical (unpaired) electrons. The number of aryl methyl sites for hydroxylation is 2. The first-order chi connectivity index (χ1) is 17.1. The average molecular weight is 468 g/mol. The van der Waals surface area contributed by atoms with Crippen molar-refractivity contribution in [2.24, 2.45) is 0 Å². The summed E-state index contributed by atoms with van der Waals surface area (Å²) in [6.45, 7) is 5.46. The zero-order chi connectivity index (χ0) is 24.5. The minimum Gasteiger partial charge on any atom is -0.494 e. The van der Waals surface area contributed by atoms with Crippen molar-refractivity contribution in [2.75, 3.05) is 6.61 Å². The Morgan fingerprint density at radius 3 is 2.43 bits per heavy atom. The van der Waals surface area contributed by atoms with Crippen LogP contribution in [0, 0.1) is 6.92 Å². The van der Waals surface area contributed by atoms with Crippen molar-refractivity contribution in [3.05, 3.63) is 102 Å². The lowest BCUT2D eigenvalue weighted by atomic mass is 10.0. The van der Waals surface area contributed by atoms with Crippen LogP contribution in [-0.2, 0) is 17.8 Å². The monoisotopic (exact) mass is 467 g/mol. The van der Waals surface area contributed by atoms with Gasteiger partial charge in [-0.15, -0.1) is 0 Å². The van der Waals surface area contributed by atoms with Crippen LogP contribution >= 0.6 is 0 Å². The lowest BCUT2D eigenvalue weighted by Gasteiger charge is -2.08. The fourth-order valence-electron chi connectivity index (χ4n) is 3.84. The van der Waals surface area contributed by atoms with Crippen LogP contribution in [0.3, 0.4) is 0 Å². The first-order valence-electron chi connectivity index (χ1n) is 12.3. The summed E-state index contributed by atoms with van der Waals surface area (Å²) in [5, 5.41) is 7.90. The van der Waals surface area contributed by atoms with E-state index >= 15 is 0 Å². The number of ether oxygens (including phenoxy) is 1. The second kappa shape index (κ2) is 12.0. The van der Waals surface area contributed by atoms with Gasteiger partial charge in [0.05, 0.1) is 18.0 Å². The summed E-state index contributed by atoms with van der Waals surface area (Å²) in [7, 11) is 0. The highest BCUT2D eigenvalue weighted by molar-refractivity contribution is 5.76. The van der Waals surface area contributed by atoms with Crippen molar-refractivity contribution in [1.82, 2.24) is 15.1 Å². The van der Waals surface area contributed by atoms with E-state index in [1.807, 2.05) is 65.5 Å². The van der Waals surface area contributed by atoms with Crippen LogP contribution < -0.4 is 10.1 Å². The van der Waals surface area contributed by atoms with E-state index in [9.17, 15) is 4.79 Å². The van der Waals surface area contributed by atoms with Crippen molar-refractivity contribution in [2.45, 2.75) is 46.1 Å². The zero-order valence-corrected chi connectivity index (χ0v) is 20.5. The lowest BCUT2D eigenvalue weighted by molar-refractivity contribution is -0.121. The first-order valence-corrected chi connectivity index (χ1v) is 12.3. The third-order valence-corrected chi connectivity index (χ3v) is 5.94. The molecule has 0 unspecified atom stereocenters. The van der Waals surface area contributed by atoms with Crippen LogP contribution in [0.2, 0.25) is 0 Å². The van der Waals surface area contributed by atoms with Gasteiger partial charge in [0.2, 0.25) is 5.91 Å². The Kier molecular flexibility index (Phi) is 8.34. The summed E-state index contributed by atoms with van der Waals surface area (Å²) >= 11 is 0. The molecule has 180 valence electrons. The van der Waals surface area contributed by atoms with Crippen LogP contribution in [0.5, 0.6) is 5.75 Å². The van der Waals surface area contributed by atoms with E-state index in [1.165, 1.54) is 5.56 Å². The van der Waals surface area contributed by atoms with E-state index in [2.05, 4.69) is 43.4 Å². The molecule has 0 aliphatic carbocycles. The topological polar surface area (TPSA) is 56.1 Å². The Balaban J connectivity index is 1.38. The van der Waals surface area contributed by atoms with Gasteiger partial charge in [0.15, 0.2) is 0 Å². The van der Waals surface area contributed by atoms with E-state index in [-0.39, 0.29) is 5.91 Å². The summed E-state index contributed by atoms with van der Waals surface area (Å²) in [5.41, 5.74) is 6.29. The quantitative estimate of drug-likeness (QED) is 0.264. The van der Waals surface area contributed by atoms with Gasteiger partial charge in [-0.3, -0.25) is 4.79 Å². The molecule has 0 spiro atoms. The van der Waals surface area contributed by atoms with E-state index in [4.69, 9.17) is 9.84 Å². The van der Waals surface area contributed by atoms with Crippen molar-refractivity contribution >= 4 is 5.91 Å². The minimum absolute atomic E-state index is 0.0237. The second-order valence-corrected chi connectivity index (χ2v) is 8.77. The molecule has 0 saturated carbocycles. The molecule has 4 aromatic rings. The highest BCUT2D eigenvalue weighted by atomic mass is 16.5. The predicted molar refractivity (Wildman–Crippen MR) is 141 cm³/mol. The maximum Gasteiger partial charge on any atom is 0.220 e. The lowest BCUT2D eigenvalue weighted by Crippen LogP contribution is -2.23. The van der Waals surface area contributed by atoms with Gasteiger partial charge in [0.1, 0.15) is 5.75 Å². The number of rotatable bonds is 11. The first kappa shape index (κ1) is 24.3. The normalized spacial score (nSPS) is 10.8. The van der Waals surface area contributed by atoms with Gasteiger partial charge in [0, 0.05) is 24.7 Å². The summed E-state index contributed by atoms with van der Waals surface area (Å²) in [4.78, 5) is 12.6. The molecule has 1 N–H and O–H groups in total. The van der Waals surface area contributed by atoms with Gasteiger partial charge in [-0.05, 0) is 55.2 Å². The molecule has 0 aliphatic heterocycles. The molecule has 0 saturated heterocycles. The van der Waals surface area contributed by atoms with Gasteiger partial charge >= 0.3 is 0 Å². The number of aromatic nitrogens is 2. The van der Waals surface area contributed by atoms with E-state index in [0.717, 1.165) is 53.3 Å². The summed E-state index contributed by atoms with van der Waals surface area (Å²) in [6, 6.07) is 26.3. The highest BCUT2D eigenvalue weighted by Gasteiger charge is 2.14. The van der Waals surface area contributed by atoms with E-state index in [1.54, 1.807) is 0 Å². The van der Waals surface area contributed by atoms with E-state index < -0.39 is 0 Å². The van der Waals surface area contributed by atoms with Crippen molar-refractivity contribution in [1.29, 1.82) is 0 Å². The number of carbonyl (C=O) groups excluding carboxylic acids is 1. The minimum atomic E-state index is 0.0237. The largest absolute Gasteiger partial charge is 0.494 e. The Morgan fingerprint density at radius 1 is 0.971 bits per heavy atom. The predicted octanol–water partition coefficient (Wildman–Crippen LogP) is 6.28. The molecular weight excluding hydrogens is 434 g/mol. The number of benzene rings is 3. The summed E-state index contributed by atoms with van der Waals surface area (Å²) in [5.74, 6) is 0.892. The molecule has 5 heteroatoms. The molecule has 4 rings (SSSR count). The molecule has 0 atom stereocenters. The standard InChI is InChI=1S/C30H33N3O2/c1-3-4-20-35-28-17-12-24(13-18-28)21-31-29(34)19-16-26-22-33(27-8-6-5-7-9-27)32-30(26)25-14-10-23(2)11-15-25/h5-15,17-18,22H,3-4,16,19-21H2,1-2H3,(H,31,34). The molecule has 1 amide bonds. The van der Waals surface area contributed by atoms with Crippen molar-refractivity contribution in [3.8, 4) is 22.7 Å². The Labute approximate surface area is 207 Å². The molecule has 5 nitrogen and oxygen atoms in total. The maximum atomic E-state index is 12.6. The van der Waals surface area contributed by atoms with Gasteiger partial charge in [0.25, 0.3) is 0 Å². The van der Waals surface area contributed by atoms with Crippen LogP contribution in [0.1, 0.15) is 42.9 Å². The number of para-hydroxylation sites is 1.